The number of carbonyl (C=O) groups is 2. The molecule has 2 rings (SSSR count). The molecule has 2 heterocycles. The van der Waals surface area contributed by atoms with Gasteiger partial charge in [0.2, 0.25) is 5.91 Å². The van der Waals surface area contributed by atoms with Gasteiger partial charge in [-0.15, -0.1) is 0 Å². The number of aromatic nitrogens is 2. The number of amides is 1. The quantitative estimate of drug-likeness (QED) is 0.814. The first-order chi connectivity index (χ1) is 8.69. The van der Waals surface area contributed by atoms with E-state index in [9.17, 15) is 9.59 Å². The van der Waals surface area contributed by atoms with Crippen molar-refractivity contribution in [3.05, 3.63) is 35.9 Å². The van der Waals surface area contributed by atoms with Crippen LogP contribution in [0.4, 0.5) is 5.82 Å². The van der Waals surface area contributed by atoms with E-state index in [2.05, 4.69) is 10.5 Å². The van der Waals surface area contributed by atoms with Gasteiger partial charge in [-0.25, -0.2) is 0 Å². The van der Waals surface area contributed by atoms with Gasteiger partial charge in [0.15, 0.2) is 12.1 Å². The van der Waals surface area contributed by atoms with Crippen LogP contribution in [0.25, 0.3) is 0 Å². The first kappa shape index (κ1) is 12.1. The molecule has 6 nitrogen and oxygen atoms in total. The van der Waals surface area contributed by atoms with Crippen molar-refractivity contribution < 1.29 is 14.1 Å². The Balaban J connectivity index is 1.87. The number of hydrogen-bond donors (Lipinski definition) is 1. The van der Waals surface area contributed by atoms with Crippen LogP contribution in [0.2, 0.25) is 0 Å². The lowest BCUT2D eigenvalue weighted by Crippen LogP contribution is -2.15. The molecule has 0 saturated heterocycles. The van der Waals surface area contributed by atoms with Crippen LogP contribution < -0.4 is 5.32 Å². The van der Waals surface area contributed by atoms with Gasteiger partial charge in [-0.1, -0.05) is 5.16 Å². The van der Waals surface area contributed by atoms with Crippen molar-refractivity contribution in [1.29, 1.82) is 0 Å². The first-order valence-corrected chi connectivity index (χ1v) is 5.52. The lowest BCUT2D eigenvalue weighted by molar-refractivity contribution is -0.116. The Bertz CT molecular complexity index is 556. The second-order valence-corrected chi connectivity index (χ2v) is 3.87. The minimum Gasteiger partial charge on any atom is -0.360 e. The van der Waals surface area contributed by atoms with Gasteiger partial charge in [0.1, 0.15) is 5.76 Å². The van der Waals surface area contributed by atoms with Crippen LogP contribution in [0.1, 0.15) is 22.7 Å². The van der Waals surface area contributed by atoms with E-state index in [1.807, 2.05) is 0 Å². The van der Waals surface area contributed by atoms with Gasteiger partial charge in [0.25, 0.3) is 0 Å². The van der Waals surface area contributed by atoms with Crippen molar-refractivity contribution in [2.24, 2.45) is 0 Å². The summed E-state index contributed by atoms with van der Waals surface area (Å²) in [7, 11) is 0. The van der Waals surface area contributed by atoms with Gasteiger partial charge in [0, 0.05) is 25.2 Å². The summed E-state index contributed by atoms with van der Waals surface area (Å²) < 4.78 is 6.56. The summed E-state index contributed by atoms with van der Waals surface area (Å²) in [6.07, 6.45) is 2.79. The summed E-state index contributed by atoms with van der Waals surface area (Å²) in [6, 6.07) is 5.11. The van der Waals surface area contributed by atoms with Crippen LogP contribution in [-0.4, -0.2) is 21.9 Å². The van der Waals surface area contributed by atoms with Crippen LogP contribution in [0.15, 0.2) is 28.9 Å². The highest BCUT2D eigenvalue weighted by molar-refractivity contribution is 5.89. The number of rotatable bonds is 5. The number of carbonyl (C=O) groups excluding carboxylic acids is 2. The molecule has 0 aliphatic rings. The van der Waals surface area contributed by atoms with E-state index in [-0.39, 0.29) is 12.3 Å². The highest BCUT2D eigenvalue weighted by Crippen LogP contribution is 2.08. The molecule has 94 valence electrons. The number of hydrogen-bond acceptors (Lipinski definition) is 4. The molecule has 1 amide bonds. The third-order valence-corrected chi connectivity index (χ3v) is 2.46. The SMILES string of the molecule is Cc1cc(NC(=O)CCn2cccc2C=O)no1. The fourth-order valence-electron chi connectivity index (χ4n) is 1.59. The maximum absolute atomic E-state index is 11.6. The Morgan fingerprint density at radius 1 is 1.61 bits per heavy atom. The van der Waals surface area contributed by atoms with Crippen molar-refractivity contribution in [3.8, 4) is 0 Å². The molecule has 0 spiro atoms. The summed E-state index contributed by atoms with van der Waals surface area (Å²) >= 11 is 0. The molecule has 0 fully saturated rings. The lowest BCUT2D eigenvalue weighted by atomic mass is 10.3. The second kappa shape index (κ2) is 5.31. The maximum atomic E-state index is 11.6. The van der Waals surface area contributed by atoms with E-state index in [0.29, 0.717) is 23.8 Å². The van der Waals surface area contributed by atoms with E-state index in [0.717, 1.165) is 6.29 Å². The lowest BCUT2D eigenvalue weighted by Gasteiger charge is -2.04. The Labute approximate surface area is 104 Å². The zero-order chi connectivity index (χ0) is 13.0. The second-order valence-electron chi connectivity index (χ2n) is 3.87. The summed E-state index contributed by atoms with van der Waals surface area (Å²) in [5, 5.41) is 6.28. The molecule has 0 unspecified atom stereocenters. The molecule has 0 atom stereocenters. The van der Waals surface area contributed by atoms with Gasteiger partial charge in [0.05, 0.1) is 5.69 Å². The van der Waals surface area contributed by atoms with E-state index in [1.165, 1.54) is 0 Å². The van der Waals surface area contributed by atoms with Crippen LogP contribution in [-0.2, 0) is 11.3 Å². The molecular weight excluding hydrogens is 234 g/mol. The van der Waals surface area contributed by atoms with Crippen LogP contribution in [0.3, 0.4) is 0 Å². The average molecular weight is 247 g/mol. The van der Waals surface area contributed by atoms with Crippen LogP contribution in [0, 0.1) is 6.92 Å². The number of aldehydes is 1. The van der Waals surface area contributed by atoms with E-state index in [4.69, 9.17) is 4.52 Å². The number of anilines is 1. The molecule has 0 bridgehead atoms. The third kappa shape index (κ3) is 2.85. The molecule has 18 heavy (non-hydrogen) atoms. The smallest absolute Gasteiger partial charge is 0.227 e. The summed E-state index contributed by atoms with van der Waals surface area (Å²) in [5.74, 6) is 0.869. The molecule has 0 aromatic carbocycles. The number of nitrogens with zero attached hydrogens (tertiary/aromatic N) is 2. The standard InChI is InChI=1S/C12H13N3O3/c1-9-7-11(14-18-9)13-12(17)4-6-15-5-2-3-10(15)8-16/h2-3,5,7-8H,4,6H2,1H3,(H,13,14,17). The number of aryl methyl sites for hydroxylation is 2. The van der Waals surface area contributed by atoms with Gasteiger partial charge < -0.3 is 14.4 Å². The van der Waals surface area contributed by atoms with Gasteiger partial charge >= 0.3 is 0 Å². The Morgan fingerprint density at radius 3 is 3.11 bits per heavy atom. The molecule has 0 saturated carbocycles. The average Bonchev–Trinajstić information content (AvgIpc) is 2.95. The molecular formula is C12H13N3O3. The fraction of sp³-hybridized carbons (Fsp3) is 0.250. The Kier molecular flexibility index (Phi) is 3.57. The number of nitrogens with one attached hydrogen (secondary N) is 1. The van der Waals surface area contributed by atoms with Gasteiger partial charge in [-0.3, -0.25) is 9.59 Å². The normalized spacial score (nSPS) is 10.3. The van der Waals surface area contributed by atoms with Crippen molar-refractivity contribution in [2.75, 3.05) is 5.32 Å². The first-order valence-electron chi connectivity index (χ1n) is 5.52. The van der Waals surface area contributed by atoms with Gasteiger partial charge in [-0.2, -0.15) is 0 Å². The topological polar surface area (TPSA) is 77.1 Å². The fourth-order valence-corrected chi connectivity index (χ4v) is 1.59. The Morgan fingerprint density at radius 2 is 2.44 bits per heavy atom. The van der Waals surface area contributed by atoms with E-state index < -0.39 is 0 Å². The molecule has 2 aromatic heterocycles. The predicted octanol–water partition coefficient (Wildman–Crippen LogP) is 1.63. The highest BCUT2D eigenvalue weighted by Gasteiger charge is 2.07. The van der Waals surface area contributed by atoms with E-state index >= 15 is 0 Å². The Hall–Kier alpha value is -2.37. The molecule has 0 aliphatic heterocycles. The molecule has 1 N–H and O–H groups in total. The van der Waals surface area contributed by atoms with Crippen LogP contribution in [0.5, 0.6) is 0 Å². The summed E-state index contributed by atoms with van der Waals surface area (Å²) in [4.78, 5) is 22.3. The summed E-state index contributed by atoms with van der Waals surface area (Å²) in [6.45, 7) is 2.20. The van der Waals surface area contributed by atoms with Crippen molar-refractivity contribution in [1.82, 2.24) is 9.72 Å². The minimum absolute atomic E-state index is 0.172. The molecule has 6 heteroatoms. The largest absolute Gasteiger partial charge is 0.360 e. The zero-order valence-electron chi connectivity index (χ0n) is 9.92. The minimum atomic E-state index is -0.172. The molecule has 0 radical (unpaired) electrons. The molecule has 0 aliphatic carbocycles. The maximum Gasteiger partial charge on any atom is 0.227 e. The molecule has 2 aromatic rings. The third-order valence-electron chi connectivity index (χ3n) is 2.46. The van der Waals surface area contributed by atoms with Gasteiger partial charge in [-0.05, 0) is 19.1 Å². The van der Waals surface area contributed by atoms with E-state index in [1.54, 1.807) is 35.9 Å². The van der Waals surface area contributed by atoms with Crippen molar-refractivity contribution in [3.63, 3.8) is 0 Å². The summed E-state index contributed by atoms with van der Waals surface area (Å²) in [5.41, 5.74) is 0.556. The highest BCUT2D eigenvalue weighted by atomic mass is 16.5. The van der Waals surface area contributed by atoms with Crippen molar-refractivity contribution >= 4 is 18.0 Å². The zero-order valence-corrected chi connectivity index (χ0v) is 9.92. The van der Waals surface area contributed by atoms with Crippen LogP contribution >= 0.6 is 0 Å². The predicted molar refractivity (Wildman–Crippen MR) is 64.3 cm³/mol. The van der Waals surface area contributed by atoms with Crippen molar-refractivity contribution in [2.45, 2.75) is 19.9 Å². The monoisotopic (exact) mass is 247 g/mol.